The van der Waals surface area contributed by atoms with Crippen LogP contribution in [0.5, 0.6) is 0 Å². The minimum absolute atomic E-state index is 0.685. The first-order valence-corrected chi connectivity index (χ1v) is 6.97. The van der Waals surface area contributed by atoms with Gasteiger partial charge in [-0.15, -0.1) is 11.3 Å². The van der Waals surface area contributed by atoms with Gasteiger partial charge in [0.05, 0.1) is 0 Å². The number of nitrogens with one attached hydrogen (secondary N) is 1. The number of likely N-dealkylation sites (N-methyl/N-ethyl adjacent to an activating group) is 1. The minimum Gasteiger partial charge on any atom is -0.311 e. The van der Waals surface area contributed by atoms with E-state index >= 15 is 0 Å². The molecule has 0 fully saturated rings. The van der Waals surface area contributed by atoms with Gasteiger partial charge in [-0.2, -0.15) is 0 Å². The Kier molecular flexibility index (Phi) is 6.03. The number of hydrogen-bond donors (Lipinski definition) is 1. The molecule has 0 spiro atoms. The van der Waals surface area contributed by atoms with Crippen LogP contribution in [0.2, 0.25) is 0 Å². The van der Waals surface area contributed by atoms with Crippen LogP contribution >= 0.6 is 11.3 Å². The average Bonchev–Trinajstić information content (AvgIpc) is 2.69. The topological polar surface area (TPSA) is 15.3 Å². The van der Waals surface area contributed by atoms with Gasteiger partial charge in [-0.1, -0.05) is 6.92 Å². The number of hydrogen-bond acceptors (Lipinski definition) is 3. The average molecular weight is 240 g/mol. The molecule has 0 saturated carbocycles. The van der Waals surface area contributed by atoms with Gasteiger partial charge in [0, 0.05) is 30.6 Å². The Labute approximate surface area is 104 Å². The molecule has 0 radical (unpaired) electrons. The van der Waals surface area contributed by atoms with Crippen LogP contribution in [0, 0.1) is 6.92 Å². The van der Waals surface area contributed by atoms with E-state index in [-0.39, 0.29) is 0 Å². The summed E-state index contributed by atoms with van der Waals surface area (Å²) in [6.07, 6.45) is 1.22. The lowest BCUT2D eigenvalue weighted by Crippen LogP contribution is -2.34. The summed E-state index contributed by atoms with van der Waals surface area (Å²) >= 11 is 1.84. The molecule has 2 nitrogen and oxygen atoms in total. The normalized spacial score (nSPS) is 13.3. The van der Waals surface area contributed by atoms with Gasteiger partial charge < -0.3 is 10.2 Å². The molecule has 16 heavy (non-hydrogen) atoms. The summed E-state index contributed by atoms with van der Waals surface area (Å²) in [6.45, 7) is 9.90. The van der Waals surface area contributed by atoms with Gasteiger partial charge in [-0.05, 0) is 44.3 Å². The number of aryl methyl sites for hydroxylation is 1. The van der Waals surface area contributed by atoms with Gasteiger partial charge in [0.2, 0.25) is 0 Å². The molecule has 92 valence electrons. The highest BCUT2D eigenvalue weighted by atomic mass is 32.1. The summed E-state index contributed by atoms with van der Waals surface area (Å²) in [5.74, 6) is 0. The Morgan fingerprint density at radius 3 is 2.81 bits per heavy atom. The fourth-order valence-electron chi connectivity index (χ4n) is 1.57. The van der Waals surface area contributed by atoms with Crippen LogP contribution in [0.15, 0.2) is 11.4 Å². The highest BCUT2D eigenvalue weighted by Crippen LogP contribution is 2.14. The van der Waals surface area contributed by atoms with Gasteiger partial charge in [0.1, 0.15) is 0 Å². The standard InChI is InChI=1S/C13H24N2S/c1-5-12(3)15(4)8-7-14-10-13-11(2)6-9-16-13/h6,9,12,14H,5,7-8,10H2,1-4H3. The van der Waals surface area contributed by atoms with Crippen LogP contribution in [-0.2, 0) is 6.54 Å². The summed E-state index contributed by atoms with van der Waals surface area (Å²) in [5, 5.41) is 5.67. The smallest absolute Gasteiger partial charge is 0.0302 e. The van der Waals surface area contributed by atoms with Crippen molar-refractivity contribution >= 4 is 11.3 Å². The molecular weight excluding hydrogens is 216 g/mol. The van der Waals surface area contributed by atoms with Crippen LogP contribution < -0.4 is 5.32 Å². The lowest BCUT2D eigenvalue weighted by molar-refractivity contribution is 0.252. The van der Waals surface area contributed by atoms with Crippen LogP contribution in [-0.4, -0.2) is 31.1 Å². The number of nitrogens with zero attached hydrogens (tertiary/aromatic N) is 1. The van der Waals surface area contributed by atoms with Crippen molar-refractivity contribution in [2.75, 3.05) is 20.1 Å². The maximum Gasteiger partial charge on any atom is 0.0302 e. The van der Waals surface area contributed by atoms with Crippen molar-refractivity contribution in [2.24, 2.45) is 0 Å². The lowest BCUT2D eigenvalue weighted by atomic mass is 10.2. The predicted octanol–water partition coefficient (Wildman–Crippen LogP) is 2.88. The molecular formula is C13H24N2S. The Hall–Kier alpha value is -0.380. The molecule has 1 aromatic heterocycles. The quantitative estimate of drug-likeness (QED) is 0.737. The van der Waals surface area contributed by atoms with Crippen LogP contribution in [0.1, 0.15) is 30.7 Å². The molecule has 0 aliphatic carbocycles. The zero-order valence-corrected chi connectivity index (χ0v) is 11.7. The third-order valence-electron chi connectivity index (χ3n) is 3.24. The van der Waals surface area contributed by atoms with Crippen molar-refractivity contribution in [3.05, 3.63) is 21.9 Å². The van der Waals surface area contributed by atoms with E-state index < -0.39 is 0 Å². The van der Waals surface area contributed by atoms with Gasteiger partial charge in [0.15, 0.2) is 0 Å². The molecule has 1 atom stereocenters. The SMILES string of the molecule is CCC(C)N(C)CCNCc1sccc1C. The predicted molar refractivity (Wildman–Crippen MR) is 73.1 cm³/mol. The minimum atomic E-state index is 0.685. The van der Waals surface area contributed by atoms with Crippen LogP contribution in [0.4, 0.5) is 0 Å². The molecule has 0 bridgehead atoms. The van der Waals surface area contributed by atoms with Crippen LogP contribution in [0.25, 0.3) is 0 Å². The highest BCUT2D eigenvalue weighted by molar-refractivity contribution is 7.10. The van der Waals surface area contributed by atoms with Crippen LogP contribution in [0.3, 0.4) is 0 Å². The molecule has 1 N–H and O–H groups in total. The summed E-state index contributed by atoms with van der Waals surface area (Å²) in [7, 11) is 2.20. The largest absolute Gasteiger partial charge is 0.311 e. The van der Waals surface area contributed by atoms with Crippen molar-refractivity contribution in [3.8, 4) is 0 Å². The van der Waals surface area contributed by atoms with E-state index in [0.717, 1.165) is 19.6 Å². The Balaban J connectivity index is 2.15. The Morgan fingerprint density at radius 2 is 2.25 bits per heavy atom. The molecule has 1 rings (SSSR count). The summed E-state index contributed by atoms with van der Waals surface area (Å²) in [5.41, 5.74) is 1.41. The highest BCUT2D eigenvalue weighted by Gasteiger charge is 2.05. The van der Waals surface area contributed by atoms with Crippen molar-refractivity contribution in [1.29, 1.82) is 0 Å². The van der Waals surface area contributed by atoms with Gasteiger partial charge >= 0.3 is 0 Å². The van der Waals surface area contributed by atoms with E-state index in [1.165, 1.54) is 16.9 Å². The molecule has 3 heteroatoms. The monoisotopic (exact) mass is 240 g/mol. The van der Waals surface area contributed by atoms with E-state index in [1.54, 1.807) is 0 Å². The lowest BCUT2D eigenvalue weighted by Gasteiger charge is -2.23. The third kappa shape index (κ3) is 4.24. The van der Waals surface area contributed by atoms with Crippen molar-refractivity contribution in [3.63, 3.8) is 0 Å². The molecule has 0 amide bonds. The molecule has 0 aliphatic heterocycles. The first-order valence-electron chi connectivity index (χ1n) is 6.09. The van der Waals surface area contributed by atoms with Gasteiger partial charge in [-0.25, -0.2) is 0 Å². The first kappa shape index (κ1) is 13.7. The maximum atomic E-state index is 3.51. The second-order valence-electron chi connectivity index (χ2n) is 4.44. The number of rotatable bonds is 7. The van der Waals surface area contributed by atoms with Crippen molar-refractivity contribution < 1.29 is 0 Å². The fraction of sp³-hybridized carbons (Fsp3) is 0.692. The Bertz CT molecular complexity index is 296. The van der Waals surface area contributed by atoms with Gasteiger partial charge in [0.25, 0.3) is 0 Å². The van der Waals surface area contributed by atoms with Gasteiger partial charge in [-0.3, -0.25) is 0 Å². The fourth-order valence-corrected chi connectivity index (χ4v) is 2.45. The second-order valence-corrected chi connectivity index (χ2v) is 5.44. The molecule has 1 heterocycles. The summed E-state index contributed by atoms with van der Waals surface area (Å²) in [4.78, 5) is 3.88. The summed E-state index contributed by atoms with van der Waals surface area (Å²) in [6, 6.07) is 2.87. The van der Waals surface area contributed by atoms with Crippen molar-refractivity contribution in [2.45, 2.75) is 39.8 Å². The van der Waals surface area contributed by atoms with E-state index in [1.807, 2.05) is 11.3 Å². The van der Waals surface area contributed by atoms with Crippen molar-refractivity contribution in [1.82, 2.24) is 10.2 Å². The first-order chi connectivity index (χ1) is 7.65. The zero-order chi connectivity index (χ0) is 12.0. The molecule has 1 unspecified atom stereocenters. The van der Waals surface area contributed by atoms with E-state index in [9.17, 15) is 0 Å². The molecule has 0 aromatic carbocycles. The zero-order valence-electron chi connectivity index (χ0n) is 10.9. The van der Waals surface area contributed by atoms with E-state index in [2.05, 4.69) is 49.5 Å². The summed E-state index contributed by atoms with van der Waals surface area (Å²) < 4.78 is 0. The Morgan fingerprint density at radius 1 is 1.50 bits per heavy atom. The number of thiophene rings is 1. The third-order valence-corrected chi connectivity index (χ3v) is 4.26. The molecule has 0 aliphatic rings. The molecule has 0 saturated heterocycles. The van der Waals surface area contributed by atoms with E-state index in [4.69, 9.17) is 0 Å². The molecule has 1 aromatic rings. The maximum absolute atomic E-state index is 3.51. The van der Waals surface area contributed by atoms with E-state index in [0.29, 0.717) is 6.04 Å². The second kappa shape index (κ2) is 7.05.